The number of aliphatic hydroxyl groups is 1. The molecule has 0 bridgehead atoms. The fraction of sp³-hybridized carbons (Fsp3) is 0.800. The van der Waals surface area contributed by atoms with E-state index in [1.165, 1.54) is 0 Å². The van der Waals surface area contributed by atoms with E-state index < -0.39 is 18.1 Å². The van der Waals surface area contributed by atoms with Crippen molar-refractivity contribution in [1.82, 2.24) is 5.32 Å². The van der Waals surface area contributed by atoms with Crippen LogP contribution < -0.4 is 5.32 Å². The van der Waals surface area contributed by atoms with Gasteiger partial charge in [-0.05, 0) is 12.8 Å². The smallest absolute Gasteiger partial charge is 0.246 e. The summed E-state index contributed by atoms with van der Waals surface area (Å²) in [7, 11) is 0. The molecule has 1 saturated carbocycles. The van der Waals surface area contributed by atoms with Gasteiger partial charge < -0.3 is 10.4 Å². The van der Waals surface area contributed by atoms with Crippen LogP contribution in [0.1, 0.15) is 38.5 Å². The summed E-state index contributed by atoms with van der Waals surface area (Å²) in [6.45, 7) is -0.538. The highest BCUT2D eigenvalue weighted by molar-refractivity contribution is 5.78. The summed E-state index contributed by atoms with van der Waals surface area (Å²) in [5.41, 5.74) is -0.726. The molecule has 14 heavy (non-hydrogen) atoms. The summed E-state index contributed by atoms with van der Waals surface area (Å²) in [6.07, 6.45) is 5.60. The molecule has 0 aromatic carbocycles. The second kappa shape index (κ2) is 4.97. The van der Waals surface area contributed by atoms with Crippen molar-refractivity contribution in [3.8, 4) is 6.07 Å². The molecule has 78 valence electrons. The van der Waals surface area contributed by atoms with E-state index in [4.69, 9.17) is 10.4 Å². The number of hydrogen-bond donors (Lipinski definition) is 2. The number of aliphatic hydroxyl groups excluding tert-OH is 1. The van der Waals surface area contributed by atoms with Gasteiger partial charge in [0, 0.05) is 0 Å². The fourth-order valence-electron chi connectivity index (χ4n) is 1.90. The Morgan fingerprint density at radius 1 is 1.36 bits per heavy atom. The summed E-state index contributed by atoms with van der Waals surface area (Å²) in [4.78, 5) is 11.0. The number of nitriles is 1. The van der Waals surface area contributed by atoms with Crippen LogP contribution in [-0.2, 0) is 4.79 Å². The van der Waals surface area contributed by atoms with Gasteiger partial charge in [-0.25, -0.2) is 0 Å². The predicted molar refractivity (Wildman–Crippen MR) is 51.3 cm³/mol. The summed E-state index contributed by atoms with van der Waals surface area (Å²) >= 11 is 0. The first-order valence-electron chi connectivity index (χ1n) is 5.05. The van der Waals surface area contributed by atoms with Crippen LogP contribution in [0.4, 0.5) is 0 Å². The van der Waals surface area contributed by atoms with Gasteiger partial charge >= 0.3 is 0 Å². The molecule has 4 nitrogen and oxygen atoms in total. The second-order valence-corrected chi connectivity index (χ2v) is 3.81. The van der Waals surface area contributed by atoms with Crippen molar-refractivity contribution in [2.75, 3.05) is 6.61 Å². The Balaban J connectivity index is 2.64. The number of carbonyl (C=O) groups is 1. The maximum absolute atomic E-state index is 11.0. The zero-order valence-corrected chi connectivity index (χ0v) is 8.25. The molecule has 0 radical (unpaired) electrons. The van der Waals surface area contributed by atoms with E-state index in [1.807, 2.05) is 0 Å². The summed E-state index contributed by atoms with van der Waals surface area (Å²) < 4.78 is 0. The molecule has 2 N–H and O–H groups in total. The largest absolute Gasteiger partial charge is 0.387 e. The Morgan fingerprint density at radius 2 is 1.93 bits per heavy atom. The van der Waals surface area contributed by atoms with Gasteiger partial charge in [0.05, 0.1) is 6.07 Å². The van der Waals surface area contributed by atoms with Gasteiger partial charge in [-0.1, -0.05) is 25.7 Å². The van der Waals surface area contributed by atoms with E-state index in [2.05, 4.69) is 11.4 Å². The zero-order valence-electron chi connectivity index (χ0n) is 8.25. The molecular weight excluding hydrogens is 180 g/mol. The van der Waals surface area contributed by atoms with Gasteiger partial charge in [-0.15, -0.1) is 0 Å². The zero-order chi connectivity index (χ0) is 10.4. The van der Waals surface area contributed by atoms with Crippen molar-refractivity contribution in [2.24, 2.45) is 0 Å². The third-order valence-corrected chi connectivity index (χ3v) is 2.69. The van der Waals surface area contributed by atoms with Crippen molar-refractivity contribution in [3.63, 3.8) is 0 Å². The molecule has 0 heterocycles. The monoisotopic (exact) mass is 196 g/mol. The lowest BCUT2D eigenvalue weighted by atomic mass is 9.92. The molecule has 1 fully saturated rings. The van der Waals surface area contributed by atoms with Gasteiger partial charge in [0.15, 0.2) is 0 Å². The fourth-order valence-corrected chi connectivity index (χ4v) is 1.90. The van der Waals surface area contributed by atoms with Gasteiger partial charge in [-0.2, -0.15) is 5.26 Å². The molecule has 1 aliphatic carbocycles. The van der Waals surface area contributed by atoms with E-state index in [1.54, 1.807) is 0 Å². The van der Waals surface area contributed by atoms with Gasteiger partial charge in [-0.3, -0.25) is 4.79 Å². The highest BCUT2D eigenvalue weighted by Gasteiger charge is 2.31. The lowest BCUT2D eigenvalue weighted by molar-refractivity contribution is -0.125. The third kappa shape index (κ3) is 2.71. The molecule has 0 atom stereocenters. The van der Waals surface area contributed by atoms with Gasteiger partial charge in [0.25, 0.3) is 0 Å². The number of amides is 1. The summed E-state index contributed by atoms with van der Waals surface area (Å²) in [5, 5.41) is 20.3. The maximum Gasteiger partial charge on any atom is 0.246 e. The van der Waals surface area contributed by atoms with E-state index in [0.717, 1.165) is 25.7 Å². The van der Waals surface area contributed by atoms with Crippen molar-refractivity contribution >= 4 is 5.91 Å². The molecule has 4 heteroatoms. The van der Waals surface area contributed by atoms with Crippen molar-refractivity contribution in [3.05, 3.63) is 0 Å². The molecular formula is C10H16N2O2. The van der Waals surface area contributed by atoms with Crippen LogP contribution in [0.3, 0.4) is 0 Å². The van der Waals surface area contributed by atoms with Gasteiger partial charge in [0.2, 0.25) is 5.91 Å². The van der Waals surface area contributed by atoms with E-state index in [-0.39, 0.29) is 0 Å². The molecule has 1 rings (SSSR count). The van der Waals surface area contributed by atoms with E-state index in [9.17, 15) is 4.79 Å². The Hall–Kier alpha value is -1.08. The third-order valence-electron chi connectivity index (χ3n) is 2.69. The minimum Gasteiger partial charge on any atom is -0.387 e. The van der Waals surface area contributed by atoms with Crippen molar-refractivity contribution in [2.45, 2.75) is 44.1 Å². The number of carbonyl (C=O) groups excluding carboxylic acids is 1. The quantitative estimate of drug-likeness (QED) is 0.639. The first-order valence-corrected chi connectivity index (χ1v) is 5.05. The number of hydrogen-bond acceptors (Lipinski definition) is 3. The van der Waals surface area contributed by atoms with Gasteiger partial charge in [0.1, 0.15) is 12.1 Å². The lowest BCUT2D eigenvalue weighted by Gasteiger charge is -2.25. The Bertz CT molecular complexity index is 237. The Labute approximate surface area is 83.9 Å². The first-order chi connectivity index (χ1) is 6.72. The highest BCUT2D eigenvalue weighted by atomic mass is 16.3. The van der Waals surface area contributed by atoms with Crippen LogP contribution in [-0.4, -0.2) is 23.2 Å². The topological polar surface area (TPSA) is 73.1 Å². The molecule has 0 unspecified atom stereocenters. The normalized spacial score (nSPS) is 20.6. The average molecular weight is 196 g/mol. The van der Waals surface area contributed by atoms with Crippen molar-refractivity contribution < 1.29 is 9.90 Å². The Kier molecular flexibility index (Phi) is 3.90. The molecule has 0 aliphatic heterocycles. The minimum absolute atomic E-state index is 0.451. The summed E-state index contributed by atoms with van der Waals surface area (Å²) in [6, 6.07) is 2.18. The second-order valence-electron chi connectivity index (χ2n) is 3.81. The molecule has 0 aromatic rings. The molecule has 0 spiro atoms. The van der Waals surface area contributed by atoms with Crippen LogP contribution in [0, 0.1) is 11.3 Å². The van der Waals surface area contributed by atoms with Crippen LogP contribution in [0.5, 0.6) is 0 Å². The molecule has 1 amide bonds. The summed E-state index contributed by atoms with van der Waals surface area (Å²) in [5.74, 6) is -0.451. The molecule has 0 saturated heterocycles. The number of nitrogens with one attached hydrogen (secondary N) is 1. The van der Waals surface area contributed by atoms with Crippen LogP contribution in [0.25, 0.3) is 0 Å². The standard InChI is InChI=1S/C10H16N2O2/c11-8-10(12-9(14)7-13)5-3-1-2-4-6-10/h13H,1-7H2,(H,12,14). The number of rotatable bonds is 2. The lowest BCUT2D eigenvalue weighted by Crippen LogP contribution is -2.48. The van der Waals surface area contributed by atoms with Crippen LogP contribution in [0.2, 0.25) is 0 Å². The van der Waals surface area contributed by atoms with Crippen LogP contribution in [0.15, 0.2) is 0 Å². The minimum atomic E-state index is -0.726. The van der Waals surface area contributed by atoms with Crippen molar-refractivity contribution in [1.29, 1.82) is 5.26 Å². The van der Waals surface area contributed by atoms with E-state index in [0.29, 0.717) is 12.8 Å². The molecule has 0 aromatic heterocycles. The average Bonchev–Trinajstić information content (AvgIpc) is 2.44. The SMILES string of the molecule is N#CC1(NC(=O)CO)CCCCCC1. The maximum atomic E-state index is 11.0. The highest BCUT2D eigenvalue weighted by Crippen LogP contribution is 2.26. The number of nitrogens with zero attached hydrogens (tertiary/aromatic N) is 1. The first kappa shape index (κ1) is 11.0. The predicted octanol–water partition coefficient (Wildman–Crippen LogP) is 0.711. The Morgan fingerprint density at radius 3 is 2.36 bits per heavy atom. The van der Waals surface area contributed by atoms with Crippen LogP contribution >= 0.6 is 0 Å². The molecule has 1 aliphatic rings. The van der Waals surface area contributed by atoms with E-state index >= 15 is 0 Å².